The van der Waals surface area contributed by atoms with E-state index >= 15 is 0 Å². The van der Waals surface area contributed by atoms with Gasteiger partial charge in [-0.25, -0.2) is 4.79 Å². The molecule has 0 aliphatic heterocycles. The number of carboxylic acid groups (broad SMARTS) is 1. The van der Waals surface area contributed by atoms with E-state index in [4.69, 9.17) is 14.6 Å². The summed E-state index contributed by atoms with van der Waals surface area (Å²) in [7, 11) is 1.38. The molecule has 108 valence electrons. The van der Waals surface area contributed by atoms with Gasteiger partial charge < -0.3 is 14.6 Å². The number of allylic oxidation sites excluding steroid dienone is 1. The maximum Gasteiger partial charge on any atom is 0.373 e. The molecule has 1 fully saturated rings. The van der Waals surface area contributed by atoms with Crippen molar-refractivity contribution < 1.29 is 24.2 Å². The summed E-state index contributed by atoms with van der Waals surface area (Å²) >= 11 is 0. The predicted octanol–water partition coefficient (Wildman–Crippen LogP) is 2.22. The van der Waals surface area contributed by atoms with Crippen molar-refractivity contribution in [3.63, 3.8) is 0 Å². The second-order valence-corrected chi connectivity index (χ2v) is 6.40. The maximum atomic E-state index is 11.9. The predicted molar refractivity (Wildman–Crippen MR) is 69.3 cm³/mol. The third kappa shape index (κ3) is 3.49. The zero-order valence-electron chi connectivity index (χ0n) is 12.3. The highest BCUT2D eigenvalue weighted by Crippen LogP contribution is 2.59. The van der Waals surface area contributed by atoms with E-state index in [2.05, 4.69) is 0 Å². The summed E-state index contributed by atoms with van der Waals surface area (Å²) < 4.78 is 10.2. The van der Waals surface area contributed by atoms with Crippen molar-refractivity contribution >= 4 is 11.9 Å². The topological polar surface area (TPSA) is 72.8 Å². The van der Waals surface area contributed by atoms with Crippen LogP contribution in [0.25, 0.3) is 0 Å². The van der Waals surface area contributed by atoms with Gasteiger partial charge in [0.2, 0.25) is 5.76 Å². The summed E-state index contributed by atoms with van der Waals surface area (Å²) in [5.74, 6) is -2.06. The SMILES string of the molecule is COC(=CC1C(C(=O)O)C1(C)C)C(=O)OC(C)(C)C. The molecular formula is C14H22O5. The van der Waals surface area contributed by atoms with Gasteiger partial charge in [-0.3, -0.25) is 4.79 Å². The summed E-state index contributed by atoms with van der Waals surface area (Å²) in [4.78, 5) is 22.9. The quantitative estimate of drug-likeness (QED) is 0.481. The lowest BCUT2D eigenvalue weighted by Gasteiger charge is -2.20. The van der Waals surface area contributed by atoms with Crippen LogP contribution in [0.2, 0.25) is 0 Å². The zero-order valence-corrected chi connectivity index (χ0v) is 12.3. The van der Waals surface area contributed by atoms with Crippen LogP contribution in [0, 0.1) is 17.3 Å². The Morgan fingerprint density at radius 2 is 1.79 bits per heavy atom. The largest absolute Gasteiger partial charge is 0.490 e. The lowest BCUT2D eigenvalue weighted by atomic mass is 10.1. The first kappa shape index (κ1) is 15.5. The molecule has 5 heteroatoms. The monoisotopic (exact) mass is 270 g/mol. The molecule has 0 aromatic rings. The van der Waals surface area contributed by atoms with Crippen LogP contribution in [0.4, 0.5) is 0 Å². The highest BCUT2D eigenvalue weighted by molar-refractivity contribution is 5.87. The number of carbonyl (C=O) groups excluding carboxylic acids is 1. The fourth-order valence-corrected chi connectivity index (χ4v) is 2.17. The van der Waals surface area contributed by atoms with E-state index in [1.165, 1.54) is 7.11 Å². The highest BCUT2D eigenvalue weighted by Gasteiger charge is 2.61. The molecule has 1 N–H and O–H groups in total. The molecule has 0 aromatic carbocycles. The molecule has 2 unspecified atom stereocenters. The molecule has 0 amide bonds. The highest BCUT2D eigenvalue weighted by atomic mass is 16.6. The number of carbonyl (C=O) groups is 2. The van der Waals surface area contributed by atoms with E-state index in [9.17, 15) is 9.59 Å². The molecule has 2 atom stereocenters. The fourth-order valence-electron chi connectivity index (χ4n) is 2.17. The molecule has 1 saturated carbocycles. The second-order valence-electron chi connectivity index (χ2n) is 6.40. The Morgan fingerprint density at radius 1 is 1.26 bits per heavy atom. The molecule has 1 rings (SSSR count). The summed E-state index contributed by atoms with van der Waals surface area (Å²) in [6.45, 7) is 9.00. The molecule has 0 aromatic heterocycles. The van der Waals surface area contributed by atoms with Crippen LogP contribution < -0.4 is 0 Å². The number of methoxy groups -OCH3 is 1. The third-order valence-corrected chi connectivity index (χ3v) is 3.33. The van der Waals surface area contributed by atoms with Gasteiger partial charge in [0.15, 0.2) is 0 Å². The molecular weight excluding hydrogens is 248 g/mol. The molecule has 5 nitrogen and oxygen atoms in total. The second kappa shape index (κ2) is 4.87. The average molecular weight is 270 g/mol. The van der Waals surface area contributed by atoms with Crippen molar-refractivity contribution in [2.75, 3.05) is 7.11 Å². The van der Waals surface area contributed by atoms with Gasteiger partial charge >= 0.3 is 11.9 Å². The molecule has 19 heavy (non-hydrogen) atoms. The van der Waals surface area contributed by atoms with Crippen LogP contribution in [-0.2, 0) is 19.1 Å². The van der Waals surface area contributed by atoms with E-state index in [0.717, 1.165) is 0 Å². The van der Waals surface area contributed by atoms with Gasteiger partial charge in [0.1, 0.15) is 5.60 Å². The Labute approximate surface area is 113 Å². The van der Waals surface area contributed by atoms with E-state index in [1.807, 2.05) is 13.8 Å². The molecule has 0 bridgehead atoms. The van der Waals surface area contributed by atoms with Crippen LogP contribution in [-0.4, -0.2) is 29.8 Å². The summed E-state index contributed by atoms with van der Waals surface area (Å²) in [6.07, 6.45) is 1.56. The average Bonchev–Trinajstić information content (AvgIpc) is 2.73. The minimum atomic E-state index is -0.856. The molecule has 1 aliphatic rings. The first-order valence-electron chi connectivity index (χ1n) is 6.22. The van der Waals surface area contributed by atoms with Crippen LogP contribution in [0.5, 0.6) is 0 Å². The molecule has 0 spiro atoms. The van der Waals surface area contributed by atoms with Crippen molar-refractivity contribution in [2.24, 2.45) is 17.3 Å². The van der Waals surface area contributed by atoms with Gasteiger partial charge in [-0.15, -0.1) is 0 Å². The Bertz CT molecular complexity index is 414. The number of hydrogen-bond acceptors (Lipinski definition) is 4. The van der Waals surface area contributed by atoms with Gasteiger partial charge in [0, 0.05) is 5.92 Å². The Morgan fingerprint density at radius 3 is 2.11 bits per heavy atom. The standard InChI is InChI=1S/C14H22O5/c1-13(2,3)19-12(17)9(18-6)7-8-10(11(15)16)14(8,4)5/h7-8,10H,1-6H3,(H,15,16). The van der Waals surface area contributed by atoms with E-state index in [0.29, 0.717) is 0 Å². The van der Waals surface area contributed by atoms with Crippen molar-refractivity contribution in [1.82, 2.24) is 0 Å². The maximum absolute atomic E-state index is 11.9. The number of aliphatic carboxylic acids is 1. The van der Waals surface area contributed by atoms with Gasteiger partial charge in [-0.1, -0.05) is 13.8 Å². The van der Waals surface area contributed by atoms with Crippen molar-refractivity contribution in [3.05, 3.63) is 11.8 Å². The Kier molecular flexibility index (Phi) is 3.98. The van der Waals surface area contributed by atoms with E-state index < -0.39 is 23.5 Å². The van der Waals surface area contributed by atoms with Crippen molar-refractivity contribution in [1.29, 1.82) is 0 Å². The van der Waals surface area contributed by atoms with Gasteiger partial charge in [-0.2, -0.15) is 0 Å². The summed E-state index contributed by atoms with van der Waals surface area (Å²) in [5.41, 5.74) is -0.975. The number of rotatable bonds is 4. The summed E-state index contributed by atoms with van der Waals surface area (Å²) in [5, 5.41) is 9.08. The minimum Gasteiger partial charge on any atom is -0.490 e. The lowest BCUT2D eigenvalue weighted by molar-refractivity contribution is -0.153. The minimum absolute atomic E-state index is 0.0664. The van der Waals surface area contributed by atoms with E-state index in [-0.39, 0.29) is 17.1 Å². The number of ether oxygens (including phenoxy) is 2. The van der Waals surface area contributed by atoms with Crippen LogP contribution in [0.3, 0.4) is 0 Å². The molecule has 1 aliphatic carbocycles. The van der Waals surface area contributed by atoms with Crippen LogP contribution in [0.1, 0.15) is 34.6 Å². The lowest BCUT2D eigenvalue weighted by Crippen LogP contribution is -2.25. The van der Waals surface area contributed by atoms with Crippen molar-refractivity contribution in [2.45, 2.75) is 40.2 Å². The molecule has 0 radical (unpaired) electrons. The van der Waals surface area contributed by atoms with Crippen LogP contribution >= 0.6 is 0 Å². The molecule has 0 saturated heterocycles. The third-order valence-electron chi connectivity index (χ3n) is 3.33. The smallest absolute Gasteiger partial charge is 0.373 e. The normalized spacial score (nSPS) is 25.7. The van der Waals surface area contributed by atoms with Gasteiger partial charge in [0.25, 0.3) is 0 Å². The Balaban J connectivity index is 2.85. The van der Waals surface area contributed by atoms with Crippen LogP contribution in [0.15, 0.2) is 11.8 Å². The van der Waals surface area contributed by atoms with Crippen molar-refractivity contribution in [3.8, 4) is 0 Å². The van der Waals surface area contributed by atoms with E-state index in [1.54, 1.807) is 26.8 Å². The number of hydrogen-bond donors (Lipinski definition) is 1. The van der Waals surface area contributed by atoms with Gasteiger partial charge in [0.05, 0.1) is 13.0 Å². The number of carboxylic acids is 1. The number of esters is 1. The molecule has 0 heterocycles. The van der Waals surface area contributed by atoms with Gasteiger partial charge in [-0.05, 0) is 32.3 Å². The first-order valence-corrected chi connectivity index (χ1v) is 6.22. The fraction of sp³-hybridized carbons (Fsp3) is 0.714. The Hall–Kier alpha value is -1.52. The zero-order chi connectivity index (χ0) is 15.0. The summed E-state index contributed by atoms with van der Waals surface area (Å²) in [6, 6.07) is 0. The first-order chi connectivity index (χ1) is 8.50.